The molecule has 11 nitrogen and oxygen atoms in total. The van der Waals surface area contributed by atoms with Crippen LogP contribution in [0.1, 0.15) is 15.9 Å². The highest BCUT2D eigenvalue weighted by Crippen LogP contribution is 2.29. The second-order valence-electron chi connectivity index (χ2n) is 6.17. The molecule has 0 saturated heterocycles. The van der Waals surface area contributed by atoms with Gasteiger partial charge in [0.2, 0.25) is 0 Å². The van der Waals surface area contributed by atoms with Gasteiger partial charge in [0.1, 0.15) is 16.7 Å². The number of benzene rings is 2. The van der Waals surface area contributed by atoms with Gasteiger partial charge in [0, 0.05) is 35.5 Å². The third-order valence-electron chi connectivity index (χ3n) is 3.98. The summed E-state index contributed by atoms with van der Waals surface area (Å²) < 4.78 is 6.34. The normalized spacial score (nSPS) is 10.1. The Morgan fingerprint density at radius 1 is 1.21 bits per heavy atom. The number of anilines is 1. The van der Waals surface area contributed by atoms with Gasteiger partial charge in [-0.15, -0.1) is 0 Å². The number of thioether (sulfide) groups is 1. The van der Waals surface area contributed by atoms with Gasteiger partial charge >= 0.3 is 12.0 Å². The van der Waals surface area contributed by atoms with Gasteiger partial charge in [-0.1, -0.05) is 12.1 Å². The fraction of sp³-hybridized carbons (Fsp3) is 0.0500. The van der Waals surface area contributed by atoms with Crippen molar-refractivity contribution in [2.75, 3.05) is 5.32 Å². The number of rotatable bonds is 7. The molecule has 166 valence electrons. The summed E-state index contributed by atoms with van der Waals surface area (Å²) in [5.74, 6) is -0.302. The van der Waals surface area contributed by atoms with Crippen molar-refractivity contribution in [1.29, 1.82) is 5.26 Å². The van der Waals surface area contributed by atoms with Gasteiger partial charge in [-0.05, 0) is 52.0 Å². The molecule has 2 N–H and O–H groups in total. The van der Waals surface area contributed by atoms with E-state index in [2.05, 4.69) is 36.5 Å². The predicted molar refractivity (Wildman–Crippen MR) is 123 cm³/mol. The van der Waals surface area contributed by atoms with Crippen LogP contribution in [0.15, 0.2) is 59.3 Å². The maximum atomic E-state index is 12.3. The molecule has 2 aromatic carbocycles. The van der Waals surface area contributed by atoms with E-state index in [0.717, 1.165) is 11.8 Å². The van der Waals surface area contributed by atoms with E-state index in [1.54, 1.807) is 12.1 Å². The van der Waals surface area contributed by atoms with Gasteiger partial charge in [-0.25, -0.2) is 14.8 Å². The molecule has 33 heavy (non-hydrogen) atoms. The van der Waals surface area contributed by atoms with Crippen LogP contribution >= 0.6 is 27.7 Å². The van der Waals surface area contributed by atoms with Crippen LogP contribution in [0.4, 0.5) is 16.2 Å². The Kier molecular flexibility index (Phi) is 7.90. The van der Waals surface area contributed by atoms with Crippen LogP contribution in [0, 0.1) is 20.8 Å². The van der Waals surface area contributed by atoms with Crippen LogP contribution < -0.4 is 15.4 Å². The lowest BCUT2D eigenvalue weighted by molar-refractivity contribution is -0.385. The maximum Gasteiger partial charge on any atom is 0.326 e. The molecule has 13 heteroatoms. The highest BCUT2D eigenvalue weighted by molar-refractivity contribution is 9.10. The standard InChI is InChI=1S/C20H13BrN6O5S/c21-13-8-23-20(24-9-13)32-17-6-5-14(7-12(17)10-33-11-22)25-19(29)26-18(28)15-3-1-2-4-16(15)27(30)31/h1-9H,10H2,(H2,25,26,28,29). The number of nitrogens with one attached hydrogen (secondary N) is 2. The van der Waals surface area contributed by atoms with Crippen molar-refractivity contribution in [1.82, 2.24) is 15.3 Å². The fourth-order valence-electron chi connectivity index (χ4n) is 2.59. The van der Waals surface area contributed by atoms with E-state index >= 15 is 0 Å². The van der Waals surface area contributed by atoms with Crippen molar-refractivity contribution in [2.24, 2.45) is 0 Å². The minimum absolute atomic E-state index is 0.0925. The average Bonchev–Trinajstić information content (AvgIpc) is 2.80. The molecule has 0 aliphatic rings. The van der Waals surface area contributed by atoms with Crippen molar-refractivity contribution in [3.8, 4) is 17.2 Å². The van der Waals surface area contributed by atoms with E-state index in [1.165, 1.54) is 42.7 Å². The number of urea groups is 1. The Morgan fingerprint density at radius 3 is 2.64 bits per heavy atom. The van der Waals surface area contributed by atoms with Gasteiger partial charge < -0.3 is 10.1 Å². The number of imide groups is 1. The first-order chi connectivity index (χ1) is 15.9. The SMILES string of the molecule is N#CSCc1cc(NC(=O)NC(=O)c2ccccc2[N+](=O)[O-])ccc1Oc1ncc(Br)cn1. The van der Waals surface area contributed by atoms with Gasteiger partial charge in [-0.2, -0.15) is 5.26 Å². The highest BCUT2D eigenvalue weighted by Gasteiger charge is 2.21. The number of nitriles is 1. The van der Waals surface area contributed by atoms with Crippen molar-refractivity contribution in [3.63, 3.8) is 0 Å². The Bertz CT molecular complexity index is 1250. The molecule has 0 aliphatic heterocycles. The molecule has 0 unspecified atom stereocenters. The average molecular weight is 529 g/mol. The third-order valence-corrected chi connectivity index (χ3v) is 4.97. The smallest absolute Gasteiger partial charge is 0.326 e. The van der Waals surface area contributed by atoms with E-state index in [1.807, 2.05) is 5.40 Å². The number of hydrogen-bond acceptors (Lipinski definition) is 9. The Balaban J connectivity index is 1.74. The molecule has 0 atom stereocenters. The molecule has 0 spiro atoms. The van der Waals surface area contributed by atoms with Crippen molar-refractivity contribution < 1.29 is 19.2 Å². The first-order valence-corrected chi connectivity index (χ1v) is 10.8. The lowest BCUT2D eigenvalue weighted by atomic mass is 10.1. The number of carbonyl (C=O) groups is 2. The van der Waals surface area contributed by atoms with Crippen molar-refractivity contribution >= 4 is 51.0 Å². The first-order valence-electron chi connectivity index (χ1n) is 9.02. The monoisotopic (exact) mass is 528 g/mol. The summed E-state index contributed by atoms with van der Waals surface area (Å²) in [5.41, 5.74) is 0.202. The molecule has 0 saturated carbocycles. The second-order valence-corrected chi connectivity index (χ2v) is 7.85. The largest absolute Gasteiger partial charge is 0.424 e. The van der Waals surface area contributed by atoms with Gasteiger partial charge in [-0.3, -0.25) is 20.2 Å². The molecule has 1 aromatic heterocycles. The van der Waals surface area contributed by atoms with E-state index in [4.69, 9.17) is 10.00 Å². The number of ether oxygens (including phenoxy) is 1. The van der Waals surface area contributed by atoms with Crippen LogP contribution in [0.3, 0.4) is 0 Å². The summed E-state index contributed by atoms with van der Waals surface area (Å²) in [6.45, 7) is 0. The summed E-state index contributed by atoms with van der Waals surface area (Å²) in [6.07, 6.45) is 3.03. The summed E-state index contributed by atoms with van der Waals surface area (Å²) in [4.78, 5) is 43.0. The van der Waals surface area contributed by atoms with Crippen molar-refractivity contribution in [3.05, 3.63) is 80.6 Å². The molecule has 0 fully saturated rings. The fourth-order valence-corrected chi connectivity index (χ4v) is 3.24. The number of amides is 3. The van der Waals surface area contributed by atoms with Crippen LogP contribution in [0.2, 0.25) is 0 Å². The van der Waals surface area contributed by atoms with Gasteiger partial charge in [0.05, 0.1) is 9.40 Å². The number of para-hydroxylation sites is 1. The van der Waals surface area contributed by atoms with E-state index in [0.29, 0.717) is 21.5 Å². The highest BCUT2D eigenvalue weighted by atomic mass is 79.9. The summed E-state index contributed by atoms with van der Waals surface area (Å²) in [7, 11) is 0. The number of nitro groups is 1. The van der Waals surface area contributed by atoms with Gasteiger partial charge in [0.25, 0.3) is 11.6 Å². The summed E-state index contributed by atoms with van der Waals surface area (Å²) >= 11 is 4.19. The molecule has 0 aliphatic carbocycles. The van der Waals surface area contributed by atoms with Crippen LogP contribution in [0.5, 0.6) is 11.8 Å². The molecule has 0 bridgehead atoms. The van der Waals surface area contributed by atoms with E-state index in [-0.39, 0.29) is 17.3 Å². The maximum absolute atomic E-state index is 12.3. The molecule has 3 rings (SSSR count). The van der Waals surface area contributed by atoms with Crippen LogP contribution in [0.25, 0.3) is 0 Å². The zero-order valence-corrected chi connectivity index (χ0v) is 18.9. The van der Waals surface area contributed by atoms with E-state index in [9.17, 15) is 19.7 Å². The van der Waals surface area contributed by atoms with E-state index < -0.39 is 22.5 Å². The molecular formula is C20H13BrN6O5S. The van der Waals surface area contributed by atoms with Crippen LogP contribution in [-0.2, 0) is 5.75 Å². The van der Waals surface area contributed by atoms with Crippen LogP contribution in [-0.4, -0.2) is 26.8 Å². The Hall–Kier alpha value is -4.02. The van der Waals surface area contributed by atoms with Gasteiger partial charge in [0.15, 0.2) is 0 Å². The number of aromatic nitrogens is 2. The lowest BCUT2D eigenvalue weighted by Crippen LogP contribution is -2.34. The third kappa shape index (κ3) is 6.48. The Morgan fingerprint density at radius 2 is 1.94 bits per heavy atom. The number of carbonyl (C=O) groups excluding carboxylic acids is 2. The Labute approximate surface area is 199 Å². The number of hydrogen-bond donors (Lipinski definition) is 2. The zero-order chi connectivity index (χ0) is 23.8. The minimum atomic E-state index is -0.924. The number of nitrogens with zero attached hydrogens (tertiary/aromatic N) is 4. The topological polar surface area (TPSA) is 160 Å². The molecule has 1 heterocycles. The zero-order valence-electron chi connectivity index (χ0n) is 16.5. The van der Waals surface area contributed by atoms with Crippen molar-refractivity contribution in [2.45, 2.75) is 5.75 Å². The number of nitro benzene ring substituents is 1. The molecule has 3 amide bonds. The number of halogens is 1. The first kappa shape index (κ1) is 23.6. The quantitative estimate of drug-likeness (QED) is 0.253. The summed E-state index contributed by atoms with van der Waals surface area (Å²) in [5, 5.41) is 26.5. The molecule has 0 radical (unpaired) electrons. The lowest BCUT2D eigenvalue weighted by Gasteiger charge is -2.12. The predicted octanol–water partition coefficient (Wildman–Crippen LogP) is 4.62. The minimum Gasteiger partial charge on any atom is -0.424 e. The molecule has 3 aromatic rings. The second kappa shape index (κ2) is 11.0. The molecular weight excluding hydrogens is 516 g/mol. The summed E-state index contributed by atoms with van der Waals surface area (Å²) in [6, 6.07) is 9.12. The number of thiocyanates is 1.